The Kier molecular flexibility index (Phi) is 5.51. The molecule has 0 aromatic heterocycles. The first-order valence-corrected chi connectivity index (χ1v) is 19.4. The Morgan fingerprint density at radius 2 is 0.867 bits per heavy atom. The van der Waals surface area contributed by atoms with Gasteiger partial charge < -0.3 is 4.74 Å². The predicted octanol–water partition coefficient (Wildman–Crippen LogP) is 10.9. The fourth-order valence-corrected chi connectivity index (χ4v) is 16.3. The van der Waals surface area contributed by atoms with E-state index in [1.807, 2.05) is 11.1 Å². The van der Waals surface area contributed by atoms with Gasteiger partial charge in [0.25, 0.3) is 0 Å². The van der Waals surface area contributed by atoms with Crippen molar-refractivity contribution < 1.29 is 4.74 Å². The third kappa shape index (κ3) is 3.87. The summed E-state index contributed by atoms with van der Waals surface area (Å²) in [4.78, 5) is 0. The molecule has 0 spiro atoms. The highest BCUT2D eigenvalue weighted by atomic mass is 16.5. The Morgan fingerprint density at radius 3 is 1.31 bits per heavy atom. The highest BCUT2D eigenvalue weighted by Gasteiger charge is 2.60. The first kappa shape index (κ1) is 26.8. The number of hydrogen-bond donors (Lipinski definition) is 0. The van der Waals surface area contributed by atoms with E-state index in [9.17, 15) is 0 Å². The van der Waals surface area contributed by atoms with Gasteiger partial charge in [-0.25, -0.2) is 0 Å². The molecule has 0 aliphatic heterocycles. The summed E-state index contributed by atoms with van der Waals surface area (Å²) in [6.45, 7) is 0. The van der Waals surface area contributed by atoms with Gasteiger partial charge in [-0.3, -0.25) is 0 Å². The van der Waals surface area contributed by atoms with Crippen LogP contribution < -0.4 is 4.74 Å². The molecule has 0 saturated heterocycles. The number of para-hydroxylation sites is 1. The molecule has 2 aromatic carbocycles. The third-order valence-electron chi connectivity index (χ3n) is 16.2. The maximum atomic E-state index is 7.26. The van der Waals surface area contributed by atoms with Crippen LogP contribution in [0.3, 0.4) is 0 Å². The second kappa shape index (κ2) is 9.24. The summed E-state index contributed by atoms with van der Waals surface area (Å²) >= 11 is 0. The Balaban J connectivity index is 1.18. The molecule has 0 radical (unpaired) electrons. The molecule has 0 heterocycles. The first-order valence-electron chi connectivity index (χ1n) is 19.4. The van der Waals surface area contributed by atoms with Crippen LogP contribution in [0.15, 0.2) is 36.4 Å². The summed E-state index contributed by atoms with van der Waals surface area (Å²) in [5, 5.41) is 0. The molecule has 12 bridgehead atoms. The van der Waals surface area contributed by atoms with E-state index < -0.39 is 0 Å². The fraction of sp³-hybridized carbons (Fsp3) is 0.682. The number of ether oxygens (including phenoxy) is 1. The van der Waals surface area contributed by atoms with Gasteiger partial charge in [0.05, 0.1) is 5.56 Å². The number of benzene rings is 2. The maximum Gasteiger partial charge on any atom is 0.143 e. The lowest BCUT2D eigenvalue weighted by Crippen LogP contribution is -2.55. The molecule has 234 valence electrons. The lowest BCUT2D eigenvalue weighted by molar-refractivity contribution is -0.0248. The molecule has 2 aromatic rings. The van der Waals surface area contributed by atoms with E-state index in [4.69, 9.17) is 11.2 Å². The van der Waals surface area contributed by atoms with E-state index in [-0.39, 0.29) is 0 Å². The standard InChI is InChI=1S/C44H52O/c1-2-36-5-3-4-6-38(36)45-39-8-7-37(42-18-27-9-28(19-42)11-29(10-27)20-42)40(43-21-30-12-31(22-43)14-32(13-30)23-43)41(39)44-24-33-15-34(25-44)17-35(16-33)26-44/h1,3-8,27-35H,9-26H2. The van der Waals surface area contributed by atoms with Crippen molar-refractivity contribution in [1.29, 1.82) is 0 Å². The summed E-state index contributed by atoms with van der Waals surface area (Å²) in [7, 11) is 0. The van der Waals surface area contributed by atoms with E-state index in [0.717, 1.165) is 64.6 Å². The van der Waals surface area contributed by atoms with Crippen LogP contribution in [0, 0.1) is 65.6 Å². The van der Waals surface area contributed by atoms with E-state index in [2.05, 4.69) is 42.3 Å². The SMILES string of the molecule is C#Cc1ccccc1Oc1ccc(C23CC4CC(CC(C4)C2)C3)c(C23CC4CC(CC(C4)C2)C3)c1C12CC3CC(CC(C3)C1)C2. The number of rotatable bonds is 5. The van der Waals surface area contributed by atoms with Crippen molar-refractivity contribution in [3.63, 3.8) is 0 Å². The molecule has 0 amide bonds. The van der Waals surface area contributed by atoms with Crippen molar-refractivity contribution >= 4 is 0 Å². The minimum Gasteiger partial charge on any atom is -0.456 e. The van der Waals surface area contributed by atoms with Crippen molar-refractivity contribution in [3.05, 3.63) is 58.7 Å². The zero-order valence-electron chi connectivity index (χ0n) is 27.4. The van der Waals surface area contributed by atoms with Crippen LogP contribution in [0.1, 0.15) is 138 Å². The van der Waals surface area contributed by atoms with Crippen molar-refractivity contribution in [1.82, 2.24) is 0 Å². The Hall–Kier alpha value is -2.20. The maximum absolute atomic E-state index is 7.26. The second-order valence-corrected chi connectivity index (χ2v) is 19.2. The molecular formula is C44H52O. The van der Waals surface area contributed by atoms with E-state index in [1.165, 1.54) is 121 Å². The third-order valence-corrected chi connectivity index (χ3v) is 16.2. The minimum absolute atomic E-state index is 0.298. The quantitative estimate of drug-likeness (QED) is 0.312. The molecular weight excluding hydrogens is 544 g/mol. The van der Waals surface area contributed by atoms with Crippen LogP contribution in [0.2, 0.25) is 0 Å². The molecule has 45 heavy (non-hydrogen) atoms. The van der Waals surface area contributed by atoms with Crippen molar-refractivity contribution in [3.8, 4) is 23.8 Å². The number of hydrogen-bond acceptors (Lipinski definition) is 1. The van der Waals surface area contributed by atoms with E-state index in [1.54, 1.807) is 5.56 Å². The van der Waals surface area contributed by atoms with Gasteiger partial charge in [-0.2, -0.15) is 0 Å². The molecule has 12 saturated carbocycles. The lowest BCUT2D eigenvalue weighted by Gasteiger charge is -2.63. The highest BCUT2D eigenvalue weighted by molar-refractivity contribution is 5.59. The molecule has 0 unspecified atom stereocenters. The highest BCUT2D eigenvalue weighted by Crippen LogP contribution is 2.70. The summed E-state index contributed by atoms with van der Waals surface area (Å²) in [5.74, 6) is 13.6. The van der Waals surface area contributed by atoms with Gasteiger partial charge >= 0.3 is 0 Å². The largest absolute Gasteiger partial charge is 0.456 e. The Labute approximate surface area is 271 Å². The van der Waals surface area contributed by atoms with Crippen LogP contribution >= 0.6 is 0 Å². The molecule has 14 rings (SSSR count). The van der Waals surface area contributed by atoms with Crippen LogP contribution in [-0.4, -0.2) is 0 Å². The lowest BCUT2D eigenvalue weighted by atomic mass is 9.41. The molecule has 12 aliphatic rings. The molecule has 0 N–H and O–H groups in total. The smallest absolute Gasteiger partial charge is 0.143 e. The average molecular weight is 597 g/mol. The van der Waals surface area contributed by atoms with Gasteiger partial charge in [-0.05, 0) is 209 Å². The van der Waals surface area contributed by atoms with Gasteiger partial charge in [-0.15, -0.1) is 6.42 Å². The van der Waals surface area contributed by atoms with Gasteiger partial charge in [0.1, 0.15) is 11.5 Å². The summed E-state index contributed by atoms with van der Waals surface area (Å²) < 4.78 is 7.26. The second-order valence-electron chi connectivity index (χ2n) is 19.2. The van der Waals surface area contributed by atoms with Crippen LogP contribution in [0.5, 0.6) is 11.5 Å². The van der Waals surface area contributed by atoms with Crippen LogP contribution in [0.25, 0.3) is 0 Å². The van der Waals surface area contributed by atoms with Gasteiger partial charge in [-0.1, -0.05) is 24.1 Å². The number of terminal acetylenes is 1. The van der Waals surface area contributed by atoms with Crippen molar-refractivity contribution in [2.75, 3.05) is 0 Å². The molecule has 0 atom stereocenters. The summed E-state index contributed by atoms with van der Waals surface area (Å²) in [6.07, 6.45) is 32.7. The van der Waals surface area contributed by atoms with E-state index >= 15 is 0 Å². The Bertz CT molecular complexity index is 1490. The zero-order chi connectivity index (χ0) is 29.5. The van der Waals surface area contributed by atoms with Crippen molar-refractivity contribution in [2.24, 2.45) is 53.3 Å². The zero-order valence-corrected chi connectivity index (χ0v) is 27.4. The predicted molar refractivity (Wildman–Crippen MR) is 180 cm³/mol. The molecule has 12 aliphatic carbocycles. The van der Waals surface area contributed by atoms with Crippen LogP contribution in [0.4, 0.5) is 0 Å². The fourth-order valence-electron chi connectivity index (χ4n) is 16.3. The first-order chi connectivity index (χ1) is 22.0. The van der Waals surface area contributed by atoms with Gasteiger partial charge in [0, 0.05) is 11.0 Å². The minimum atomic E-state index is 0.298. The topological polar surface area (TPSA) is 9.23 Å². The molecule has 12 fully saturated rings. The normalized spacial score (nSPS) is 47.8. The monoisotopic (exact) mass is 596 g/mol. The molecule has 1 nitrogen and oxygen atoms in total. The molecule has 1 heteroatoms. The van der Waals surface area contributed by atoms with Crippen molar-refractivity contribution in [2.45, 2.75) is 132 Å². The average Bonchev–Trinajstić information content (AvgIpc) is 2.99. The van der Waals surface area contributed by atoms with Gasteiger partial charge in [0.15, 0.2) is 0 Å². The Morgan fingerprint density at radius 1 is 0.467 bits per heavy atom. The van der Waals surface area contributed by atoms with E-state index in [0.29, 0.717) is 16.2 Å². The van der Waals surface area contributed by atoms with Gasteiger partial charge in [0.2, 0.25) is 0 Å². The summed E-state index contributed by atoms with van der Waals surface area (Å²) in [5.41, 5.74) is 7.52. The summed E-state index contributed by atoms with van der Waals surface area (Å²) in [6, 6.07) is 13.6. The van der Waals surface area contributed by atoms with Crippen LogP contribution in [-0.2, 0) is 16.2 Å².